The molecule has 2 aromatic carbocycles. The number of ether oxygens (including phenoxy) is 1. The Morgan fingerprint density at radius 1 is 1.21 bits per heavy atom. The molecule has 0 heterocycles. The van der Waals surface area contributed by atoms with Gasteiger partial charge in [-0.2, -0.15) is 0 Å². The third-order valence-corrected chi connectivity index (χ3v) is 3.33. The summed E-state index contributed by atoms with van der Waals surface area (Å²) in [5.74, 6) is 0.171. The summed E-state index contributed by atoms with van der Waals surface area (Å²) in [6, 6.07) is 10.7. The Hall–Kier alpha value is -3.22. The maximum Gasteiger partial charge on any atom is 0.270 e. The van der Waals surface area contributed by atoms with Crippen molar-refractivity contribution in [1.29, 1.82) is 0 Å². The van der Waals surface area contributed by atoms with E-state index in [1.165, 1.54) is 23.1 Å². The molecule has 0 fully saturated rings. The summed E-state index contributed by atoms with van der Waals surface area (Å²) in [6.45, 7) is 0.176. The molecule has 0 aliphatic heterocycles. The van der Waals surface area contributed by atoms with Gasteiger partial charge in [0.05, 0.1) is 10.5 Å². The van der Waals surface area contributed by atoms with E-state index < -0.39 is 4.92 Å². The highest BCUT2D eigenvalue weighted by Crippen LogP contribution is 2.23. The Kier molecular flexibility index (Phi) is 5.26. The Bertz CT molecular complexity index is 769. The van der Waals surface area contributed by atoms with Crippen molar-refractivity contribution >= 4 is 17.9 Å². The molecular formula is C17H16N2O5. The van der Waals surface area contributed by atoms with E-state index in [1.807, 2.05) is 0 Å². The van der Waals surface area contributed by atoms with Crippen LogP contribution in [-0.4, -0.2) is 36.1 Å². The lowest BCUT2D eigenvalue weighted by molar-refractivity contribution is -0.384. The molecule has 0 spiro atoms. The van der Waals surface area contributed by atoms with Crippen molar-refractivity contribution in [2.75, 3.05) is 14.1 Å². The van der Waals surface area contributed by atoms with E-state index in [9.17, 15) is 19.7 Å². The van der Waals surface area contributed by atoms with Gasteiger partial charge in [-0.25, -0.2) is 0 Å². The smallest absolute Gasteiger partial charge is 0.270 e. The van der Waals surface area contributed by atoms with Gasteiger partial charge < -0.3 is 9.64 Å². The highest BCUT2D eigenvalue weighted by Gasteiger charge is 2.12. The first-order valence-electron chi connectivity index (χ1n) is 7.09. The number of non-ortho nitro benzene ring substituents is 1. The second-order valence-corrected chi connectivity index (χ2v) is 5.28. The molecule has 0 atom stereocenters. The van der Waals surface area contributed by atoms with Crippen molar-refractivity contribution < 1.29 is 19.2 Å². The number of rotatable bonds is 6. The number of nitro groups is 1. The highest BCUT2D eigenvalue weighted by molar-refractivity contribution is 5.93. The Balaban J connectivity index is 2.09. The van der Waals surface area contributed by atoms with Gasteiger partial charge in [0.2, 0.25) is 0 Å². The molecular weight excluding hydrogens is 312 g/mol. The monoisotopic (exact) mass is 328 g/mol. The van der Waals surface area contributed by atoms with Crippen molar-refractivity contribution in [3.63, 3.8) is 0 Å². The minimum atomic E-state index is -0.572. The summed E-state index contributed by atoms with van der Waals surface area (Å²) < 4.78 is 5.55. The number of carbonyl (C=O) groups is 2. The van der Waals surface area contributed by atoms with Gasteiger partial charge in [0.25, 0.3) is 11.6 Å². The normalized spacial score (nSPS) is 10.1. The Morgan fingerprint density at radius 2 is 1.88 bits per heavy atom. The number of hydrogen-bond donors (Lipinski definition) is 0. The van der Waals surface area contributed by atoms with Gasteiger partial charge >= 0.3 is 0 Å². The number of benzene rings is 2. The lowest BCUT2D eigenvalue weighted by atomic mass is 10.1. The van der Waals surface area contributed by atoms with Crippen LogP contribution in [0, 0.1) is 10.1 Å². The maximum atomic E-state index is 11.8. The molecule has 0 aliphatic carbocycles. The molecule has 0 radical (unpaired) electrons. The second-order valence-electron chi connectivity index (χ2n) is 5.28. The molecule has 0 unspecified atom stereocenters. The average molecular weight is 328 g/mol. The largest absolute Gasteiger partial charge is 0.488 e. The van der Waals surface area contributed by atoms with Gasteiger partial charge in [-0.15, -0.1) is 0 Å². The Labute approximate surface area is 138 Å². The van der Waals surface area contributed by atoms with Crippen LogP contribution in [0.5, 0.6) is 5.75 Å². The topological polar surface area (TPSA) is 89.8 Å². The number of nitro benzene ring substituents is 1. The molecule has 7 heteroatoms. The second kappa shape index (κ2) is 7.36. The summed E-state index contributed by atoms with van der Waals surface area (Å²) >= 11 is 0. The zero-order valence-electron chi connectivity index (χ0n) is 13.3. The van der Waals surface area contributed by atoms with E-state index in [2.05, 4.69) is 0 Å². The van der Waals surface area contributed by atoms with Gasteiger partial charge in [-0.05, 0) is 23.8 Å². The van der Waals surface area contributed by atoms with Gasteiger partial charge in [0.1, 0.15) is 12.4 Å². The van der Waals surface area contributed by atoms with Crippen LogP contribution < -0.4 is 4.74 Å². The molecule has 24 heavy (non-hydrogen) atoms. The molecule has 0 saturated carbocycles. The predicted molar refractivity (Wildman–Crippen MR) is 87.3 cm³/mol. The summed E-state index contributed by atoms with van der Waals surface area (Å²) in [6.07, 6.45) is 0.515. The summed E-state index contributed by atoms with van der Waals surface area (Å²) in [5, 5.41) is 10.7. The van der Waals surface area contributed by atoms with E-state index in [4.69, 9.17) is 4.74 Å². The standard InChI is InChI=1S/C17H16N2O5/c1-18(2)17(21)13-5-3-12(4-6-13)11-24-16-8-7-15(19(22)23)9-14(16)10-20/h3-10H,11H2,1-2H3. The molecule has 0 aliphatic rings. The highest BCUT2D eigenvalue weighted by atomic mass is 16.6. The van der Waals surface area contributed by atoms with Crippen molar-refractivity contribution in [1.82, 2.24) is 4.90 Å². The summed E-state index contributed by atoms with van der Waals surface area (Å²) in [5.41, 5.74) is 1.31. The van der Waals surface area contributed by atoms with Gasteiger partial charge in [-0.3, -0.25) is 19.7 Å². The number of nitrogens with zero attached hydrogens (tertiary/aromatic N) is 2. The number of amides is 1. The molecule has 7 nitrogen and oxygen atoms in total. The Morgan fingerprint density at radius 3 is 2.42 bits per heavy atom. The molecule has 2 rings (SSSR count). The van der Waals surface area contributed by atoms with Crippen molar-refractivity contribution in [2.45, 2.75) is 6.61 Å². The molecule has 2 aromatic rings. The maximum absolute atomic E-state index is 11.8. The minimum Gasteiger partial charge on any atom is -0.488 e. The first-order chi connectivity index (χ1) is 11.4. The summed E-state index contributed by atoms with van der Waals surface area (Å²) in [4.78, 5) is 34.5. The first-order valence-corrected chi connectivity index (χ1v) is 7.09. The quantitative estimate of drug-likeness (QED) is 0.462. The average Bonchev–Trinajstić information content (AvgIpc) is 2.59. The van der Waals surface area contributed by atoms with Crippen LogP contribution in [0.2, 0.25) is 0 Å². The molecule has 124 valence electrons. The minimum absolute atomic E-state index is 0.0962. The molecule has 0 aromatic heterocycles. The van der Waals surface area contributed by atoms with E-state index in [0.29, 0.717) is 11.8 Å². The molecule has 1 amide bonds. The van der Waals surface area contributed by atoms with Crippen LogP contribution in [-0.2, 0) is 6.61 Å². The van der Waals surface area contributed by atoms with E-state index >= 15 is 0 Å². The molecule has 0 bridgehead atoms. The van der Waals surface area contributed by atoms with E-state index in [-0.39, 0.29) is 29.5 Å². The lowest BCUT2D eigenvalue weighted by Crippen LogP contribution is -2.21. The molecule has 0 saturated heterocycles. The van der Waals surface area contributed by atoms with Crippen LogP contribution in [0.1, 0.15) is 26.3 Å². The number of aldehydes is 1. The van der Waals surface area contributed by atoms with Crippen LogP contribution >= 0.6 is 0 Å². The third kappa shape index (κ3) is 3.95. The predicted octanol–water partition coefficient (Wildman–Crippen LogP) is 2.69. The van der Waals surface area contributed by atoms with Gasteiger partial charge in [0.15, 0.2) is 6.29 Å². The van der Waals surface area contributed by atoms with E-state index in [1.54, 1.807) is 38.4 Å². The summed E-state index contributed by atoms with van der Waals surface area (Å²) in [7, 11) is 3.35. The van der Waals surface area contributed by atoms with Crippen molar-refractivity contribution in [3.8, 4) is 5.75 Å². The fourth-order valence-electron chi connectivity index (χ4n) is 2.04. The van der Waals surface area contributed by atoms with Gasteiger partial charge in [0, 0.05) is 31.8 Å². The number of hydrogen-bond acceptors (Lipinski definition) is 5. The van der Waals surface area contributed by atoms with Crippen molar-refractivity contribution in [2.24, 2.45) is 0 Å². The van der Waals surface area contributed by atoms with Crippen LogP contribution in [0.25, 0.3) is 0 Å². The third-order valence-electron chi connectivity index (χ3n) is 3.33. The fraction of sp³-hybridized carbons (Fsp3) is 0.176. The van der Waals surface area contributed by atoms with Crippen LogP contribution in [0.15, 0.2) is 42.5 Å². The zero-order valence-corrected chi connectivity index (χ0v) is 13.3. The van der Waals surface area contributed by atoms with Crippen molar-refractivity contribution in [3.05, 3.63) is 69.3 Å². The number of carbonyl (C=O) groups excluding carboxylic acids is 2. The van der Waals surface area contributed by atoms with Crippen LogP contribution in [0.3, 0.4) is 0 Å². The van der Waals surface area contributed by atoms with Gasteiger partial charge in [-0.1, -0.05) is 12.1 Å². The first kappa shape index (κ1) is 17.1. The zero-order chi connectivity index (χ0) is 17.7. The molecule has 0 N–H and O–H groups in total. The SMILES string of the molecule is CN(C)C(=O)c1ccc(COc2ccc([N+](=O)[O-])cc2C=O)cc1. The fourth-order valence-corrected chi connectivity index (χ4v) is 2.04. The van der Waals surface area contributed by atoms with Crippen LogP contribution in [0.4, 0.5) is 5.69 Å². The van der Waals surface area contributed by atoms with E-state index in [0.717, 1.165) is 5.56 Å². The lowest BCUT2D eigenvalue weighted by Gasteiger charge is -2.11.